The number of carboxylic acid groups (broad SMARTS) is 1. The lowest BCUT2D eigenvalue weighted by Crippen LogP contribution is -2.19. The minimum atomic E-state index is -0.879. The van der Waals surface area contributed by atoms with Crippen LogP contribution in [0.2, 0.25) is 5.15 Å². The van der Waals surface area contributed by atoms with Crippen molar-refractivity contribution in [3.8, 4) is 0 Å². The van der Waals surface area contributed by atoms with E-state index >= 15 is 0 Å². The average Bonchev–Trinajstić information content (AvgIpc) is 2.39. The predicted octanol–water partition coefficient (Wildman–Crippen LogP) is 2.92. The Kier molecular flexibility index (Phi) is 4.76. The summed E-state index contributed by atoms with van der Waals surface area (Å²) in [6, 6.07) is 9.48. The van der Waals surface area contributed by atoms with Gasteiger partial charge in [-0.3, -0.25) is 9.78 Å². The third kappa shape index (κ3) is 4.22. The summed E-state index contributed by atoms with van der Waals surface area (Å²) in [4.78, 5) is 19.2. The van der Waals surface area contributed by atoms with Crippen LogP contribution in [-0.2, 0) is 11.2 Å². The van der Waals surface area contributed by atoms with Crippen molar-refractivity contribution in [1.29, 1.82) is 0 Å². The fourth-order valence-corrected chi connectivity index (χ4v) is 2.67. The number of nitrogens with zero attached hydrogens (tertiary/aromatic N) is 2. The maximum atomic E-state index is 11.3. The third-order valence-electron chi connectivity index (χ3n) is 2.39. The minimum Gasteiger partial charge on any atom is -0.480 e. The van der Waals surface area contributed by atoms with Crippen LogP contribution < -0.4 is 0 Å². The first kappa shape index (κ1) is 13.8. The smallest absolute Gasteiger partial charge is 0.317 e. The van der Waals surface area contributed by atoms with Gasteiger partial charge in [0.05, 0.1) is 12.4 Å². The highest BCUT2D eigenvalue weighted by atomic mass is 35.5. The molecule has 0 spiro atoms. The zero-order chi connectivity index (χ0) is 13.7. The van der Waals surface area contributed by atoms with Gasteiger partial charge in [0, 0.05) is 0 Å². The van der Waals surface area contributed by atoms with Crippen LogP contribution >= 0.6 is 23.4 Å². The molecule has 2 aromatic rings. The van der Waals surface area contributed by atoms with Gasteiger partial charge in [-0.15, -0.1) is 0 Å². The standard InChI is InChI=1S/C13H11ClN2O2S/c14-11-7-15-8-12(16-11)19-10(13(17)18)6-9-4-2-1-3-5-9/h1-5,7-8,10H,6H2,(H,17,18). The van der Waals surface area contributed by atoms with E-state index in [0.717, 1.165) is 17.3 Å². The van der Waals surface area contributed by atoms with Crippen LogP contribution in [0.25, 0.3) is 0 Å². The number of hydrogen-bond donors (Lipinski definition) is 1. The molecule has 0 aliphatic rings. The van der Waals surface area contributed by atoms with Crippen molar-refractivity contribution in [3.63, 3.8) is 0 Å². The zero-order valence-corrected chi connectivity index (χ0v) is 11.4. The van der Waals surface area contributed by atoms with Crippen LogP contribution in [0.1, 0.15) is 5.56 Å². The molecule has 6 heteroatoms. The van der Waals surface area contributed by atoms with Crippen molar-refractivity contribution >= 4 is 29.3 Å². The first-order chi connectivity index (χ1) is 9.15. The fraction of sp³-hybridized carbons (Fsp3) is 0.154. The molecule has 0 amide bonds. The zero-order valence-electron chi connectivity index (χ0n) is 9.86. The van der Waals surface area contributed by atoms with E-state index in [4.69, 9.17) is 11.6 Å². The molecule has 19 heavy (non-hydrogen) atoms. The molecule has 1 aromatic heterocycles. The second-order valence-corrected chi connectivity index (χ2v) is 5.42. The van der Waals surface area contributed by atoms with Crippen molar-refractivity contribution < 1.29 is 9.90 Å². The van der Waals surface area contributed by atoms with Crippen LogP contribution in [0.5, 0.6) is 0 Å². The summed E-state index contributed by atoms with van der Waals surface area (Å²) in [7, 11) is 0. The summed E-state index contributed by atoms with van der Waals surface area (Å²) in [5.41, 5.74) is 0.970. The summed E-state index contributed by atoms with van der Waals surface area (Å²) >= 11 is 6.88. The van der Waals surface area contributed by atoms with Crippen molar-refractivity contribution in [2.75, 3.05) is 0 Å². The van der Waals surface area contributed by atoms with Gasteiger partial charge in [0.25, 0.3) is 0 Å². The Morgan fingerprint density at radius 1 is 1.32 bits per heavy atom. The molecule has 1 unspecified atom stereocenters. The van der Waals surface area contributed by atoms with E-state index in [-0.39, 0.29) is 5.15 Å². The number of rotatable bonds is 5. The summed E-state index contributed by atoms with van der Waals surface area (Å²) in [6.07, 6.45) is 3.35. The van der Waals surface area contributed by atoms with Crippen LogP contribution in [0.15, 0.2) is 47.8 Å². The quantitative estimate of drug-likeness (QED) is 0.859. The van der Waals surface area contributed by atoms with Gasteiger partial charge in [0.15, 0.2) is 0 Å². The summed E-state index contributed by atoms with van der Waals surface area (Å²) in [5, 5.41) is 9.42. The minimum absolute atomic E-state index is 0.258. The first-order valence-electron chi connectivity index (χ1n) is 5.56. The van der Waals surface area contributed by atoms with Crippen LogP contribution in [-0.4, -0.2) is 26.3 Å². The highest BCUT2D eigenvalue weighted by molar-refractivity contribution is 8.00. The third-order valence-corrected chi connectivity index (χ3v) is 3.66. The maximum Gasteiger partial charge on any atom is 0.317 e. The van der Waals surface area contributed by atoms with Crippen LogP contribution in [0, 0.1) is 0 Å². The van der Waals surface area contributed by atoms with Gasteiger partial charge >= 0.3 is 5.97 Å². The summed E-state index contributed by atoms with van der Waals surface area (Å²) < 4.78 is 0. The van der Waals surface area contributed by atoms with Crippen molar-refractivity contribution in [2.45, 2.75) is 16.7 Å². The van der Waals surface area contributed by atoms with E-state index in [0.29, 0.717) is 11.4 Å². The van der Waals surface area contributed by atoms with E-state index in [2.05, 4.69) is 9.97 Å². The summed E-state index contributed by atoms with van der Waals surface area (Å²) in [5.74, 6) is -0.879. The molecule has 0 saturated heterocycles. The fourth-order valence-electron chi connectivity index (χ4n) is 1.54. The molecule has 1 heterocycles. The number of halogens is 1. The van der Waals surface area contributed by atoms with Crippen LogP contribution in [0.4, 0.5) is 0 Å². The second kappa shape index (κ2) is 6.54. The number of carbonyl (C=O) groups is 1. The Bertz CT molecular complexity index is 566. The van der Waals surface area contributed by atoms with Gasteiger partial charge < -0.3 is 5.11 Å². The molecule has 98 valence electrons. The lowest BCUT2D eigenvalue weighted by molar-refractivity contribution is -0.136. The average molecular weight is 295 g/mol. The van der Waals surface area contributed by atoms with Gasteiger partial charge in [-0.2, -0.15) is 0 Å². The molecule has 0 aliphatic carbocycles. The van der Waals surface area contributed by atoms with Crippen molar-refractivity contribution in [3.05, 3.63) is 53.4 Å². The molecule has 0 saturated carbocycles. The van der Waals surface area contributed by atoms with E-state index in [1.54, 1.807) is 0 Å². The molecule has 1 aromatic carbocycles. The molecule has 1 atom stereocenters. The molecular formula is C13H11ClN2O2S. The number of carboxylic acids is 1. The first-order valence-corrected chi connectivity index (χ1v) is 6.82. The predicted molar refractivity (Wildman–Crippen MR) is 74.5 cm³/mol. The van der Waals surface area contributed by atoms with E-state index in [1.165, 1.54) is 12.4 Å². The molecule has 2 rings (SSSR count). The Hall–Kier alpha value is -1.59. The topological polar surface area (TPSA) is 63.1 Å². The largest absolute Gasteiger partial charge is 0.480 e. The van der Waals surface area contributed by atoms with Crippen LogP contribution in [0.3, 0.4) is 0 Å². The molecule has 0 bridgehead atoms. The Labute approximate surface area is 119 Å². The normalized spacial score (nSPS) is 12.1. The lowest BCUT2D eigenvalue weighted by Gasteiger charge is -2.11. The van der Waals surface area contributed by atoms with Gasteiger partial charge in [-0.05, 0) is 12.0 Å². The highest BCUT2D eigenvalue weighted by Crippen LogP contribution is 2.24. The highest BCUT2D eigenvalue weighted by Gasteiger charge is 2.20. The maximum absolute atomic E-state index is 11.3. The summed E-state index contributed by atoms with van der Waals surface area (Å²) in [6.45, 7) is 0. The van der Waals surface area contributed by atoms with Gasteiger partial charge in [-0.1, -0.05) is 53.7 Å². The molecular weight excluding hydrogens is 284 g/mol. The SMILES string of the molecule is O=C(O)C(Cc1ccccc1)Sc1cncc(Cl)n1. The Balaban J connectivity index is 2.11. The number of thioether (sulfide) groups is 1. The van der Waals surface area contributed by atoms with Gasteiger partial charge in [-0.25, -0.2) is 4.98 Å². The molecule has 1 N–H and O–H groups in total. The van der Waals surface area contributed by atoms with Crippen molar-refractivity contribution in [1.82, 2.24) is 9.97 Å². The van der Waals surface area contributed by atoms with E-state index < -0.39 is 11.2 Å². The van der Waals surface area contributed by atoms with Gasteiger partial charge in [0.1, 0.15) is 15.4 Å². The van der Waals surface area contributed by atoms with E-state index in [1.807, 2.05) is 30.3 Å². The number of benzene rings is 1. The lowest BCUT2D eigenvalue weighted by atomic mass is 10.1. The molecule has 0 fully saturated rings. The van der Waals surface area contributed by atoms with Crippen molar-refractivity contribution in [2.24, 2.45) is 0 Å². The molecule has 0 aliphatic heterocycles. The number of aromatic nitrogens is 2. The second-order valence-electron chi connectivity index (χ2n) is 3.81. The number of aliphatic carboxylic acids is 1. The molecule has 4 nitrogen and oxygen atoms in total. The Morgan fingerprint density at radius 3 is 2.68 bits per heavy atom. The molecule has 0 radical (unpaired) electrons. The monoisotopic (exact) mass is 294 g/mol. The van der Waals surface area contributed by atoms with Gasteiger partial charge in [0.2, 0.25) is 0 Å². The van der Waals surface area contributed by atoms with E-state index in [9.17, 15) is 9.90 Å². The Morgan fingerprint density at radius 2 is 2.05 bits per heavy atom. The number of hydrogen-bond acceptors (Lipinski definition) is 4.